The summed E-state index contributed by atoms with van der Waals surface area (Å²) >= 11 is 0. The Kier molecular flexibility index (Phi) is 4.43. The summed E-state index contributed by atoms with van der Waals surface area (Å²) in [5, 5.41) is 0. The lowest BCUT2D eigenvalue weighted by Gasteiger charge is -2.12. The number of nitrogen functional groups attached to an aromatic ring is 1. The van der Waals surface area contributed by atoms with Gasteiger partial charge in [0.05, 0.1) is 6.20 Å². The van der Waals surface area contributed by atoms with Gasteiger partial charge in [-0.3, -0.25) is 25.6 Å². The molecule has 9 heteroatoms. The van der Waals surface area contributed by atoms with Crippen molar-refractivity contribution in [3.8, 4) is 11.6 Å². The maximum atomic E-state index is 12.0. The first kappa shape index (κ1) is 15.2. The molecule has 0 aromatic carbocycles. The Morgan fingerprint density at radius 2 is 1.92 bits per heavy atom. The molecule has 4 N–H and O–H groups in total. The highest BCUT2D eigenvalue weighted by Crippen LogP contribution is 2.28. The molecule has 0 aliphatic rings. The van der Waals surface area contributed by atoms with Crippen LogP contribution in [0.4, 0.5) is 11.5 Å². The van der Waals surface area contributed by atoms with Crippen LogP contribution in [0, 0.1) is 0 Å². The predicted molar refractivity (Wildman–Crippen MR) is 86.1 cm³/mol. The molecule has 9 nitrogen and oxygen atoms in total. The van der Waals surface area contributed by atoms with E-state index >= 15 is 0 Å². The number of nitrogens with two attached hydrogens (primary N) is 1. The van der Waals surface area contributed by atoms with Gasteiger partial charge in [0.2, 0.25) is 5.88 Å². The number of ether oxygens (including phenoxy) is 1. The Balaban J connectivity index is 1.70. The lowest BCUT2D eigenvalue weighted by molar-refractivity contribution is 0.0962. The zero-order valence-corrected chi connectivity index (χ0v) is 12.4. The van der Waals surface area contributed by atoms with Gasteiger partial charge in [-0.05, 0) is 24.3 Å². The maximum Gasteiger partial charge on any atom is 0.269 e. The molecule has 3 heterocycles. The first-order valence-electron chi connectivity index (χ1n) is 6.89. The van der Waals surface area contributed by atoms with E-state index < -0.39 is 0 Å². The monoisotopic (exact) mass is 323 g/mol. The van der Waals surface area contributed by atoms with E-state index in [4.69, 9.17) is 10.5 Å². The molecule has 0 fully saturated rings. The third kappa shape index (κ3) is 3.53. The molecule has 0 bridgehead atoms. The van der Waals surface area contributed by atoms with Crippen molar-refractivity contribution >= 4 is 17.4 Å². The second kappa shape index (κ2) is 7.01. The van der Waals surface area contributed by atoms with Crippen LogP contribution in [0.3, 0.4) is 0 Å². The quantitative estimate of drug-likeness (QED) is 0.601. The Labute approximate surface area is 136 Å². The molecule has 0 aliphatic heterocycles. The fourth-order valence-corrected chi connectivity index (χ4v) is 1.77. The molecule has 0 unspecified atom stereocenters. The lowest BCUT2D eigenvalue weighted by atomic mass is 10.3. The van der Waals surface area contributed by atoms with Gasteiger partial charge in [0.1, 0.15) is 17.8 Å². The van der Waals surface area contributed by atoms with E-state index in [2.05, 4.69) is 30.8 Å². The number of aromatic nitrogens is 4. The average Bonchev–Trinajstić information content (AvgIpc) is 2.64. The Bertz CT molecular complexity index is 828. The third-order valence-electron chi connectivity index (χ3n) is 2.93. The van der Waals surface area contributed by atoms with E-state index in [1.807, 2.05) is 0 Å². The molecule has 3 aromatic heterocycles. The van der Waals surface area contributed by atoms with Crippen LogP contribution in [-0.2, 0) is 0 Å². The normalized spacial score (nSPS) is 10.0. The third-order valence-corrected chi connectivity index (χ3v) is 2.93. The van der Waals surface area contributed by atoms with Gasteiger partial charge in [-0.2, -0.15) is 4.98 Å². The highest BCUT2D eigenvalue weighted by Gasteiger charge is 2.12. The van der Waals surface area contributed by atoms with E-state index in [9.17, 15) is 4.79 Å². The van der Waals surface area contributed by atoms with Gasteiger partial charge in [0, 0.05) is 24.2 Å². The summed E-state index contributed by atoms with van der Waals surface area (Å²) in [6.45, 7) is 0. The van der Waals surface area contributed by atoms with Crippen molar-refractivity contribution in [1.82, 2.24) is 25.4 Å². The number of rotatable bonds is 5. The fraction of sp³-hybridized carbons (Fsp3) is 0. The number of anilines is 2. The number of nitrogens with zero attached hydrogens (tertiary/aromatic N) is 4. The van der Waals surface area contributed by atoms with Gasteiger partial charge < -0.3 is 10.5 Å². The number of hydrogen-bond acceptors (Lipinski definition) is 8. The molecule has 0 radical (unpaired) electrons. The number of nitrogens with one attached hydrogen (secondary N) is 2. The summed E-state index contributed by atoms with van der Waals surface area (Å²) in [5.41, 5.74) is 11.7. The molecule has 24 heavy (non-hydrogen) atoms. The minimum Gasteiger partial charge on any atom is -0.435 e. The molecule has 0 atom stereocenters. The minimum absolute atomic E-state index is 0.149. The first-order valence-corrected chi connectivity index (χ1v) is 6.89. The SMILES string of the molecule is Nc1c(NNC(=O)c2ccncc2)ncnc1Oc1cccnc1. The number of carbonyl (C=O) groups is 1. The van der Waals surface area contributed by atoms with Crippen LogP contribution in [0.15, 0.2) is 55.4 Å². The Morgan fingerprint density at radius 1 is 1.08 bits per heavy atom. The van der Waals surface area contributed by atoms with Crippen molar-refractivity contribution in [2.24, 2.45) is 0 Å². The first-order chi connectivity index (χ1) is 11.7. The van der Waals surface area contributed by atoms with Crippen LogP contribution in [0.2, 0.25) is 0 Å². The summed E-state index contributed by atoms with van der Waals surface area (Å²) in [6.07, 6.45) is 7.46. The van der Waals surface area contributed by atoms with Crippen molar-refractivity contribution in [3.63, 3.8) is 0 Å². The average molecular weight is 323 g/mol. The van der Waals surface area contributed by atoms with E-state index in [-0.39, 0.29) is 23.3 Å². The van der Waals surface area contributed by atoms with Crippen molar-refractivity contribution in [2.45, 2.75) is 0 Å². The summed E-state index contributed by atoms with van der Waals surface area (Å²) in [5.74, 6) is 0.491. The van der Waals surface area contributed by atoms with Crippen molar-refractivity contribution in [3.05, 3.63) is 60.9 Å². The summed E-state index contributed by atoms with van der Waals surface area (Å²) in [4.78, 5) is 27.7. The molecule has 1 amide bonds. The van der Waals surface area contributed by atoms with Crippen molar-refractivity contribution in [1.29, 1.82) is 0 Å². The van der Waals surface area contributed by atoms with Crippen LogP contribution in [0.25, 0.3) is 0 Å². The second-order valence-corrected chi connectivity index (χ2v) is 4.55. The number of hydrogen-bond donors (Lipinski definition) is 3. The molecular weight excluding hydrogens is 310 g/mol. The number of hydrazine groups is 1. The van der Waals surface area contributed by atoms with E-state index in [0.717, 1.165) is 0 Å². The fourth-order valence-electron chi connectivity index (χ4n) is 1.77. The zero-order valence-electron chi connectivity index (χ0n) is 12.4. The van der Waals surface area contributed by atoms with Crippen LogP contribution in [-0.4, -0.2) is 25.8 Å². The number of amides is 1. The van der Waals surface area contributed by atoms with Gasteiger partial charge >= 0.3 is 0 Å². The van der Waals surface area contributed by atoms with Gasteiger partial charge in [-0.1, -0.05) is 0 Å². The van der Waals surface area contributed by atoms with Crippen LogP contribution in [0.1, 0.15) is 10.4 Å². The van der Waals surface area contributed by atoms with E-state index in [0.29, 0.717) is 11.3 Å². The molecule has 0 saturated heterocycles. The largest absolute Gasteiger partial charge is 0.435 e. The predicted octanol–water partition coefficient (Wildman–Crippen LogP) is 1.40. The summed E-state index contributed by atoms with van der Waals surface area (Å²) in [6, 6.07) is 6.60. The van der Waals surface area contributed by atoms with E-state index in [1.54, 1.807) is 30.5 Å². The highest BCUT2D eigenvalue weighted by atomic mass is 16.5. The topological polar surface area (TPSA) is 128 Å². The second-order valence-electron chi connectivity index (χ2n) is 4.55. The lowest BCUT2D eigenvalue weighted by Crippen LogP contribution is -2.30. The molecule has 3 aromatic rings. The number of carbonyl (C=O) groups excluding carboxylic acids is 1. The number of pyridine rings is 2. The minimum atomic E-state index is -0.356. The Hall–Kier alpha value is -3.75. The van der Waals surface area contributed by atoms with Crippen molar-refractivity contribution in [2.75, 3.05) is 11.2 Å². The zero-order chi connectivity index (χ0) is 16.8. The standard InChI is InChI=1S/C15H13N7O2/c16-12-13(21-22-14(23)10-3-6-17-7-4-10)19-9-20-15(12)24-11-2-1-5-18-8-11/h1-9H,16H2,(H,22,23)(H,19,20,21). The molecular formula is C15H13N7O2. The molecule has 120 valence electrons. The van der Waals surface area contributed by atoms with Crippen LogP contribution >= 0.6 is 0 Å². The summed E-state index contributed by atoms with van der Waals surface area (Å²) < 4.78 is 5.54. The van der Waals surface area contributed by atoms with Crippen LogP contribution in [0.5, 0.6) is 11.6 Å². The highest BCUT2D eigenvalue weighted by molar-refractivity contribution is 5.94. The molecule has 0 saturated carbocycles. The maximum absolute atomic E-state index is 12.0. The van der Waals surface area contributed by atoms with Gasteiger partial charge in [0.25, 0.3) is 5.91 Å². The Morgan fingerprint density at radius 3 is 2.67 bits per heavy atom. The van der Waals surface area contributed by atoms with Crippen LogP contribution < -0.4 is 21.3 Å². The van der Waals surface area contributed by atoms with E-state index in [1.165, 1.54) is 24.9 Å². The molecule has 3 rings (SSSR count). The molecule has 0 spiro atoms. The van der Waals surface area contributed by atoms with Crippen molar-refractivity contribution < 1.29 is 9.53 Å². The smallest absolute Gasteiger partial charge is 0.269 e. The van der Waals surface area contributed by atoms with Gasteiger partial charge in [-0.25, -0.2) is 4.98 Å². The van der Waals surface area contributed by atoms with Gasteiger partial charge in [-0.15, -0.1) is 0 Å². The molecule has 0 aliphatic carbocycles. The summed E-state index contributed by atoms with van der Waals surface area (Å²) in [7, 11) is 0. The van der Waals surface area contributed by atoms with Gasteiger partial charge in [0.15, 0.2) is 5.82 Å².